The predicted octanol–water partition coefficient (Wildman–Crippen LogP) is 4.07. The van der Waals surface area contributed by atoms with Crippen molar-refractivity contribution in [3.63, 3.8) is 0 Å². The Bertz CT molecular complexity index is 1040. The van der Waals surface area contributed by atoms with Crippen molar-refractivity contribution >= 4 is 21.9 Å². The molecule has 3 rings (SSSR count). The Kier molecular flexibility index (Phi) is 8.29. The number of sulfonamides is 1. The molecule has 1 heterocycles. The van der Waals surface area contributed by atoms with E-state index in [1.165, 1.54) is 10.5 Å². The molecule has 1 aliphatic rings. The number of aromatic nitrogens is 2. The number of benzene rings is 1. The molecule has 0 aliphatic heterocycles. The Balaban J connectivity index is 1.93. The number of methoxy groups -OCH3 is 1. The first-order valence-corrected chi connectivity index (χ1v) is 12.9. The standard InChI is InChI=1S/C24H33N3O5S/c1-5-6-15-32-23(28)22(17(2)3)21-13-14-25-24(26-21)27(33(29,30)20-11-12-20)16-18-7-9-19(31-4)10-8-18/h7-10,13-14,17,20,22H,5-6,11-12,15-16H2,1-4H3. The minimum atomic E-state index is -3.63. The maximum atomic E-state index is 13.3. The number of hydrogen-bond donors (Lipinski definition) is 0. The minimum Gasteiger partial charge on any atom is -0.497 e. The van der Waals surface area contributed by atoms with Gasteiger partial charge in [0.25, 0.3) is 0 Å². The largest absolute Gasteiger partial charge is 0.497 e. The van der Waals surface area contributed by atoms with Gasteiger partial charge in [-0.3, -0.25) is 4.79 Å². The van der Waals surface area contributed by atoms with Crippen molar-refractivity contribution in [3.8, 4) is 5.75 Å². The molecular weight excluding hydrogens is 442 g/mol. The summed E-state index contributed by atoms with van der Waals surface area (Å²) in [7, 11) is -2.05. The van der Waals surface area contributed by atoms with Crippen molar-refractivity contribution < 1.29 is 22.7 Å². The van der Waals surface area contributed by atoms with E-state index in [4.69, 9.17) is 9.47 Å². The van der Waals surface area contributed by atoms with Crippen molar-refractivity contribution in [2.75, 3.05) is 18.0 Å². The fourth-order valence-electron chi connectivity index (χ4n) is 3.51. The molecule has 1 atom stereocenters. The molecule has 0 amide bonds. The topological polar surface area (TPSA) is 98.7 Å². The zero-order valence-corrected chi connectivity index (χ0v) is 20.5. The molecule has 1 fully saturated rings. The van der Waals surface area contributed by atoms with E-state index in [0.29, 0.717) is 30.9 Å². The molecular formula is C24H33N3O5S. The van der Waals surface area contributed by atoms with Crippen molar-refractivity contribution in [3.05, 3.63) is 47.8 Å². The molecule has 8 nitrogen and oxygen atoms in total. The van der Waals surface area contributed by atoms with Crippen LogP contribution in [0.15, 0.2) is 36.5 Å². The second kappa shape index (κ2) is 11.0. The molecule has 1 unspecified atom stereocenters. The normalized spacial score (nSPS) is 14.7. The quantitative estimate of drug-likeness (QED) is 0.337. The van der Waals surface area contributed by atoms with E-state index in [0.717, 1.165) is 18.4 Å². The number of esters is 1. The van der Waals surface area contributed by atoms with Gasteiger partial charge in [0.1, 0.15) is 11.7 Å². The van der Waals surface area contributed by atoms with Crippen LogP contribution >= 0.6 is 0 Å². The number of carbonyl (C=O) groups excluding carboxylic acids is 1. The Morgan fingerprint density at radius 2 is 1.88 bits per heavy atom. The van der Waals surface area contributed by atoms with E-state index >= 15 is 0 Å². The van der Waals surface area contributed by atoms with Gasteiger partial charge in [0.15, 0.2) is 0 Å². The number of nitrogens with zero attached hydrogens (tertiary/aromatic N) is 3. The highest BCUT2D eigenvalue weighted by molar-refractivity contribution is 7.93. The molecule has 0 bridgehead atoms. The second-order valence-corrected chi connectivity index (χ2v) is 10.8. The van der Waals surface area contributed by atoms with Crippen LogP contribution in [0, 0.1) is 5.92 Å². The number of anilines is 1. The SMILES string of the molecule is CCCCOC(=O)C(c1ccnc(N(Cc2ccc(OC)cc2)S(=O)(=O)C2CC2)n1)C(C)C. The average molecular weight is 476 g/mol. The van der Waals surface area contributed by atoms with Crippen LogP contribution in [0.1, 0.15) is 63.6 Å². The summed E-state index contributed by atoms with van der Waals surface area (Å²) in [5.41, 5.74) is 1.25. The van der Waals surface area contributed by atoms with Gasteiger partial charge < -0.3 is 9.47 Å². The number of unbranched alkanes of at least 4 members (excludes halogenated alkanes) is 1. The molecule has 1 aromatic carbocycles. The van der Waals surface area contributed by atoms with Crippen LogP contribution in [0.2, 0.25) is 0 Å². The van der Waals surface area contributed by atoms with Gasteiger partial charge in [-0.25, -0.2) is 22.7 Å². The lowest BCUT2D eigenvalue weighted by Gasteiger charge is -2.24. The second-order valence-electron chi connectivity index (χ2n) is 8.62. The van der Waals surface area contributed by atoms with E-state index in [-0.39, 0.29) is 24.4 Å². The van der Waals surface area contributed by atoms with Crippen LogP contribution in [0.25, 0.3) is 0 Å². The van der Waals surface area contributed by atoms with Gasteiger partial charge >= 0.3 is 5.97 Å². The van der Waals surface area contributed by atoms with Crippen LogP contribution in [0.4, 0.5) is 5.95 Å². The maximum Gasteiger partial charge on any atom is 0.315 e. The summed E-state index contributed by atoms with van der Waals surface area (Å²) in [5, 5.41) is -0.428. The fraction of sp³-hybridized carbons (Fsp3) is 0.542. The summed E-state index contributed by atoms with van der Waals surface area (Å²) in [5.74, 6) is -0.265. The van der Waals surface area contributed by atoms with Crippen LogP contribution in [-0.2, 0) is 26.1 Å². The first-order valence-electron chi connectivity index (χ1n) is 11.4. The number of hydrogen-bond acceptors (Lipinski definition) is 7. The molecule has 0 radical (unpaired) electrons. The van der Waals surface area contributed by atoms with Gasteiger partial charge in [0.05, 0.1) is 31.2 Å². The van der Waals surface area contributed by atoms with E-state index in [1.807, 2.05) is 32.9 Å². The van der Waals surface area contributed by atoms with Crippen LogP contribution in [0.3, 0.4) is 0 Å². The van der Waals surface area contributed by atoms with E-state index in [9.17, 15) is 13.2 Å². The van der Waals surface area contributed by atoms with E-state index < -0.39 is 21.2 Å². The van der Waals surface area contributed by atoms with Crippen molar-refractivity contribution in [1.82, 2.24) is 9.97 Å². The maximum absolute atomic E-state index is 13.3. The summed E-state index contributed by atoms with van der Waals surface area (Å²) in [4.78, 5) is 21.6. The lowest BCUT2D eigenvalue weighted by atomic mass is 9.92. The first-order chi connectivity index (χ1) is 15.8. The summed E-state index contributed by atoms with van der Waals surface area (Å²) in [6.07, 6.45) is 4.48. The monoisotopic (exact) mass is 475 g/mol. The van der Waals surface area contributed by atoms with Gasteiger partial charge in [0.2, 0.25) is 16.0 Å². The summed E-state index contributed by atoms with van der Waals surface area (Å²) in [6.45, 7) is 6.32. The molecule has 33 heavy (non-hydrogen) atoms. The van der Waals surface area contributed by atoms with Gasteiger partial charge in [0, 0.05) is 6.20 Å². The molecule has 1 aromatic heterocycles. The molecule has 2 aromatic rings. The predicted molar refractivity (Wildman–Crippen MR) is 127 cm³/mol. The van der Waals surface area contributed by atoms with Crippen LogP contribution in [0.5, 0.6) is 5.75 Å². The molecule has 1 saturated carbocycles. The average Bonchev–Trinajstić information content (AvgIpc) is 3.64. The van der Waals surface area contributed by atoms with Crippen molar-refractivity contribution in [2.24, 2.45) is 5.92 Å². The Morgan fingerprint density at radius 1 is 1.18 bits per heavy atom. The van der Waals surface area contributed by atoms with Crippen molar-refractivity contribution in [2.45, 2.75) is 64.2 Å². The van der Waals surface area contributed by atoms with Gasteiger partial charge in [-0.1, -0.05) is 39.3 Å². The molecule has 180 valence electrons. The molecule has 9 heteroatoms. The Hall–Kier alpha value is -2.68. The number of ether oxygens (including phenoxy) is 2. The van der Waals surface area contributed by atoms with Gasteiger partial charge in [-0.15, -0.1) is 0 Å². The minimum absolute atomic E-state index is 0.0715. The van der Waals surface area contributed by atoms with Crippen LogP contribution in [-0.4, -0.2) is 43.3 Å². The molecule has 0 N–H and O–H groups in total. The Labute approximate surface area is 196 Å². The first kappa shape index (κ1) is 25.0. The third-order valence-corrected chi connectivity index (χ3v) is 7.83. The van der Waals surface area contributed by atoms with E-state index in [1.54, 1.807) is 25.3 Å². The highest BCUT2D eigenvalue weighted by Crippen LogP contribution is 2.34. The fourth-order valence-corrected chi connectivity index (χ4v) is 5.25. The number of carbonyl (C=O) groups is 1. The third kappa shape index (κ3) is 6.22. The number of rotatable bonds is 12. The molecule has 1 aliphatic carbocycles. The summed E-state index contributed by atoms with van der Waals surface area (Å²) >= 11 is 0. The van der Waals surface area contributed by atoms with Gasteiger partial charge in [-0.05, 0) is 48.9 Å². The lowest BCUT2D eigenvalue weighted by Crippen LogP contribution is -2.35. The van der Waals surface area contributed by atoms with Crippen molar-refractivity contribution in [1.29, 1.82) is 0 Å². The molecule has 0 saturated heterocycles. The summed E-state index contributed by atoms with van der Waals surface area (Å²) < 4.78 is 38.5. The highest BCUT2D eigenvalue weighted by Gasteiger charge is 2.41. The zero-order valence-electron chi connectivity index (χ0n) is 19.7. The summed E-state index contributed by atoms with van der Waals surface area (Å²) in [6, 6.07) is 8.87. The lowest BCUT2D eigenvalue weighted by molar-refractivity contribution is -0.146. The van der Waals surface area contributed by atoms with E-state index in [2.05, 4.69) is 9.97 Å². The smallest absolute Gasteiger partial charge is 0.315 e. The highest BCUT2D eigenvalue weighted by atomic mass is 32.2. The van der Waals surface area contributed by atoms with Crippen LogP contribution < -0.4 is 9.04 Å². The van der Waals surface area contributed by atoms with Gasteiger partial charge in [-0.2, -0.15) is 0 Å². The molecule has 0 spiro atoms. The Morgan fingerprint density at radius 3 is 2.45 bits per heavy atom. The third-order valence-electron chi connectivity index (χ3n) is 5.61. The zero-order chi connectivity index (χ0) is 24.0.